The topological polar surface area (TPSA) is 66.6 Å². The lowest BCUT2D eigenvalue weighted by Crippen LogP contribution is -2.27. The lowest BCUT2D eigenvalue weighted by atomic mass is 10.1. The smallest absolute Gasteiger partial charge is 0.358 e. The Bertz CT molecular complexity index is 401. The van der Waals surface area contributed by atoms with Crippen LogP contribution in [-0.4, -0.2) is 34.2 Å². The minimum atomic E-state index is -1.05. The van der Waals surface area contributed by atoms with E-state index >= 15 is 0 Å². The van der Waals surface area contributed by atoms with Gasteiger partial charge in [0, 0.05) is 6.07 Å². The van der Waals surface area contributed by atoms with Crippen LogP contribution < -0.4 is 0 Å². The maximum Gasteiger partial charge on any atom is 0.358 e. The first kappa shape index (κ1) is 16.7. The predicted octanol–water partition coefficient (Wildman–Crippen LogP) is 3.27. The van der Waals surface area contributed by atoms with Gasteiger partial charge >= 0.3 is 5.97 Å². The largest absolute Gasteiger partial charge is 0.476 e. The quantitative estimate of drug-likeness (QED) is 0.753. The van der Waals surface area contributed by atoms with Gasteiger partial charge in [0.1, 0.15) is 0 Å². The Morgan fingerprint density at radius 1 is 1.25 bits per heavy atom. The van der Waals surface area contributed by atoms with Crippen molar-refractivity contribution >= 4 is 5.97 Å². The molecule has 5 heteroatoms. The third-order valence-electron chi connectivity index (χ3n) is 3.20. The van der Waals surface area contributed by atoms with E-state index in [9.17, 15) is 4.79 Å². The highest BCUT2D eigenvalue weighted by atomic mass is 16.5. The van der Waals surface area contributed by atoms with E-state index in [4.69, 9.17) is 9.63 Å². The minimum Gasteiger partial charge on any atom is -0.476 e. The molecule has 1 rings (SSSR count). The molecule has 0 spiro atoms. The number of aromatic nitrogens is 1. The number of carbonyl (C=O) groups is 1. The standard InChI is InChI=1S/C15H26N2O3/c1-11(2)5-7-17(8-6-12(3)4)10-13-9-14(15(18)19)16-20-13/h9,11-12H,5-8,10H2,1-4H3,(H,18,19). The van der Waals surface area contributed by atoms with Crippen molar-refractivity contribution in [1.29, 1.82) is 0 Å². The lowest BCUT2D eigenvalue weighted by Gasteiger charge is -2.22. The Labute approximate surface area is 120 Å². The predicted molar refractivity (Wildman–Crippen MR) is 77.6 cm³/mol. The van der Waals surface area contributed by atoms with Crippen LogP contribution in [0.1, 0.15) is 56.8 Å². The second-order valence-corrected chi connectivity index (χ2v) is 6.12. The molecule has 0 aliphatic heterocycles. The van der Waals surface area contributed by atoms with E-state index in [0.29, 0.717) is 24.1 Å². The summed E-state index contributed by atoms with van der Waals surface area (Å²) in [4.78, 5) is 13.1. The van der Waals surface area contributed by atoms with Crippen molar-refractivity contribution in [2.45, 2.75) is 47.1 Å². The van der Waals surface area contributed by atoms with E-state index in [1.54, 1.807) is 0 Å². The molecule has 5 nitrogen and oxygen atoms in total. The van der Waals surface area contributed by atoms with Crippen molar-refractivity contribution in [2.24, 2.45) is 11.8 Å². The highest BCUT2D eigenvalue weighted by Crippen LogP contribution is 2.12. The maximum absolute atomic E-state index is 10.8. The van der Waals surface area contributed by atoms with Gasteiger partial charge in [-0.15, -0.1) is 0 Å². The van der Waals surface area contributed by atoms with Crippen LogP contribution in [0.4, 0.5) is 0 Å². The first-order chi connectivity index (χ1) is 9.38. The first-order valence-electron chi connectivity index (χ1n) is 7.29. The molecule has 0 fully saturated rings. The summed E-state index contributed by atoms with van der Waals surface area (Å²) >= 11 is 0. The fourth-order valence-electron chi connectivity index (χ4n) is 1.86. The number of aromatic carboxylic acids is 1. The summed E-state index contributed by atoms with van der Waals surface area (Å²) in [7, 11) is 0. The first-order valence-corrected chi connectivity index (χ1v) is 7.29. The van der Waals surface area contributed by atoms with Gasteiger partial charge in [-0.2, -0.15) is 0 Å². The molecular formula is C15H26N2O3. The SMILES string of the molecule is CC(C)CCN(CCC(C)C)Cc1cc(C(=O)O)no1. The van der Waals surface area contributed by atoms with E-state index in [1.807, 2.05) is 0 Å². The van der Waals surface area contributed by atoms with Gasteiger partial charge in [-0.05, 0) is 37.8 Å². The number of rotatable bonds is 9. The molecule has 1 aromatic heterocycles. The fourth-order valence-corrected chi connectivity index (χ4v) is 1.86. The van der Waals surface area contributed by atoms with E-state index in [0.717, 1.165) is 25.9 Å². The molecule has 0 aromatic carbocycles. The maximum atomic E-state index is 10.8. The molecule has 0 aliphatic carbocycles. The van der Waals surface area contributed by atoms with Gasteiger partial charge in [-0.25, -0.2) is 4.79 Å². The van der Waals surface area contributed by atoms with Gasteiger partial charge in [-0.1, -0.05) is 32.9 Å². The Kier molecular flexibility index (Phi) is 6.71. The summed E-state index contributed by atoms with van der Waals surface area (Å²) < 4.78 is 5.10. The van der Waals surface area contributed by atoms with Crippen molar-refractivity contribution in [3.8, 4) is 0 Å². The highest BCUT2D eigenvalue weighted by molar-refractivity contribution is 5.85. The second-order valence-electron chi connectivity index (χ2n) is 6.12. The zero-order chi connectivity index (χ0) is 15.1. The fraction of sp³-hybridized carbons (Fsp3) is 0.733. The van der Waals surface area contributed by atoms with Crippen molar-refractivity contribution < 1.29 is 14.4 Å². The van der Waals surface area contributed by atoms with Crippen LogP contribution in [0.3, 0.4) is 0 Å². The summed E-state index contributed by atoms with van der Waals surface area (Å²) in [6, 6.07) is 1.51. The van der Waals surface area contributed by atoms with Crippen LogP contribution in [0.5, 0.6) is 0 Å². The monoisotopic (exact) mass is 282 g/mol. The summed E-state index contributed by atoms with van der Waals surface area (Å²) in [6.07, 6.45) is 2.25. The van der Waals surface area contributed by atoms with E-state index in [2.05, 4.69) is 37.8 Å². The molecule has 1 N–H and O–H groups in total. The third kappa shape index (κ3) is 6.19. The summed E-state index contributed by atoms with van der Waals surface area (Å²) in [5.74, 6) is 0.882. The summed E-state index contributed by atoms with van der Waals surface area (Å²) in [5, 5.41) is 12.4. The van der Waals surface area contributed by atoms with Crippen LogP contribution in [-0.2, 0) is 6.54 Å². The van der Waals surface area contributed by atoms with E-state index in [1.165, 1.54) is 6.07 Å². The molecular weight excluding hydrogens is 256 g/mol. The Morgan fingerprint density at radius 3 is 2.20 bits per heavy atom. The van der Waals surface area contributed by atoms with Gasteiger partial charge in [0.25, 0.3) is 0 Å². The van der Waals surface area contributed by atoms with E-state index in [-0.39, 0.29) is 5.69 Å². The van der Waals surface area contributed by atoms with Crippen molar-refractivity contribution in [2.75, 3.05) is 13.1 Å². The van der Waals surface area contributed by atoms with Gasteiger partial charge < -0.3 is 9.63 Å². The zero-order valence-electron chi connectivity index (χ0n) is 12.9. The van der Waals surface area contributed by atoms with Gasteiger partial charge in [0.2, 0.25) is 0 Å². The molecule has 0 atom stereocenters. The Morgan fingerprint density at radius 2 is 1.80 bits per heavy atom. The van der Waals surface area contributed by atoms with Crippen LogP contribution in [0, 0.1) is 11.8 Å². The minimum absolute atomic E-state index is 0.0207. The molecule has 0 bridgehead atoms. The number of nitrogens with zero attached hydrogens (tertiary/aromatic N) is 2. The average molecular weight is 282 g/mol. The molecule has 0 saturated carbocycles. The number of carboxylic acids is 1. The highest BCUT2D eigenvalue weighted by Gasteiger charge is 2.14. The summed E-state index contributed by atoms with van der Waals surface area (Å²) in [6.45, 7) is 11.4. The molecule has 0 amide bonds. The molecule has 0 aliphatic rings. The number of carboxylic acid groups (broad SMARTS) is 1. The van der Waals surface area contributed by atoms with Crippen molar-refractivity contribution in [3.05, 3.63) is 17.5 Å². The Balaban J connectivity index is 2.58. The van der Waals surface area contributed by atoms with Crippen LogP contribution in [0.2, 0.25) is 0 Å². The third-order valence-corrected chi connectivity index (χ3v) is 3.20. The molecule has 0 saturated heterocycles. The zero-order valence-corrected chi connectivity index (χ0v) is 12.9. The Hall–Kier alpha value is -1.36. The van der Waals surface area contributed by atoms with Crippen molar-refractivity contribution in [3.63, 3.8) is 0 Å². The van der Waals surface area contributed by atoms with Gasteiger partial charge in [-0.3, -0.25) is 4.90 Å². The molecule has 0 radical (unpaired) electrons. The van der Waals surface area contributed by atoms with Gasteiger partial charge in [0.05, 0.1) is 6.54 Å². The molecule has 20 heavy (non-hydrogen) atoms. The van der Waals surface area contributed by atoms with Crippen LogP contribution in [0.15, 0.2) is 10.6 Å². The normalized spacial score (nSPS) is 11.8. The second kappa shape index (κ2) is 8.04. The average Bonchev–Trinajstić information content (AvgIpc) is 2.81. The van der Waals surface area contributed by atoms with Crippen LogP contribution in [0.25, 0.3) is 0 Å². The molecule has 1 heterocycles. The van der Waals surface area contributed by atoms with Crippen molar-refractivity contribution in [1.82, 2.24) is 10.1 Å². The van der Waals surface area contributed by atoms with Gasteiger partial charge in [0.15, 0.2) is 11.5 Å². The summed E-state index contributed by atoms with van der Waals surface area (Å²) in [5.41, 5.74) is -0.0207. The molecule has 114 valence electrons. The van der Waals surface area contributed by atoms with E-state index < -0.39 is 5.97 Å². The lowest BCUT2D eigenvalue weighted by molar-refractivity contribution is 0.0685. The molecule has 0 unspecified atom stereocenters. The molecule has 1 aromatic rings. The number of hydrogen-bond acceptors (Lipinski definition) is 4. The number of hydrogen-bond donors (Lipinski definition) is 1. The van der Waals surface area contributed by atoms with Crippen LogP contribution >= 0.6 is 0 Å².